The predicted octanol–water partition coefficient (Wildman–Crippen LogP) is 14.7. The molecule has 5 aliphatic carbocycles. The molecule has 44 heteroatoms. The fraction of sp³-hybridized carbons (Fsp3) is 0.460. The number of rotatable bonds is 18. The Balaban J connectivity index is 0.000000114. The smallest absolute Gasteiger partial charge is 0.239 e. The van der Waals surface area contributed by atoms with Gasteiger partial charge in [0, 0.05) is 206 Å². The molecule has 0 spiro atoms. The molecule has 1 unspecified atom stereocenters. The normalized spacial score (nSPS) is 20.4. The SMILES string of the molecule is C[C@@H]1COCCN1c1cc(N=S(C)(=O)C2CC2)nc(-c2cncc3c2C=CC3)n1.C[C@@H]1COCCN1c1cc(N=S(C)(C)=O)nc(-n2c(C3CC3)nc3ccccc32)n1.C[C@@H]1COCCN1c1cc(N=[S@@](C)(=O)C2CC2)nc(-c2cncc3c2C=CC3)n1.Cc1nc2ccccc2n1-c1nc(N=S(C)(C)=O)cc(N2CCOC[C@H]2C)n1.Cc1nc2nccc(-c3nc(N=S(C)(C)=O)cc(N4CCOC[C@H]4C)n3)c2[nH]1. The van der Waals surface area contributed by atoms with Crippen LogP contribution in [0.5, 0.6) is 0 Å². The number of anilines is 5. The van der Waals surface area contributed by atoms with Crippen LogP contribution in [0, 0.1) is 13.8 Å². The molecule has 7 atom stereocenters. The zero-order valence-electron chi connectivity index (χ0n) is 83.8. The number of allylic oxidation sites excluding steroid dienone is 2. The van der Waals surface area contributed by atoms with Crippen molar-refractivity contribution in [1.82, 2.24) is 93.9 Å². The number of ether oxygens (including phenoxy) is 5. The van der Waals surface area contributed by atoms with Gasteiger partial charge in [0.15, 0.2) is 52.2 Å². The van der Waals surface area contributed by atoms with Crippen molar-refractivity contribution in [3.8, 4) is 46.1 Å². The Bertz CT molecular complexity index is 7620. The summed E-state index contributed by atoms with van der Waals surface area (Å²) in [6, 6.07) is 27.8. The average Bonchev–Trinajstić information content (AvgIpc) is 1.59. The maximum absolute atomic E-state index is 13.0. The zero-order chi connectivity index (χ0) is 101. The van der Waals surface area contributed by atoms with Crippen LogP contribution in [0.4, 0.5) is 58.2 Å². The minimum Gasteiger partial charge on any atom is -0.377 e. The van der Waals surface area contributed by atoms with Crippen LogP contribution in [-0.4, -0.2) is 304 Å². The lowest BCUT2D eigenvalue weighted by Crippen LogP contribution is -2.44. The molecular weight excluding hydrogens is 1930 g/mol. The summed E-state index contributed by atoms with van der Waals surface area (Å²) in [5, 5.41) is 0.356. The topological polar surface area (TPSA) is 441 Å². The molecule has 16 heterocycles. The fourth-order valence-electron chi connectivity index (χ4n) is 18.4. The Morgan fingerprint density at radius 3 is 1.13 bits per heavy atom. The summed E-state index contributed by atoms with van der Waals surface area (Å²) in [6.07, 6.45) is 38.6. The van der Waals surface area contributed by atoms with Gasteiger partial charge in [-0.05, 0) is 152 Å². The first-order chi connectivity index (χ1) is 69.0. The van der Waals surface area contributed by atoms with E-state index in [9.17, 15) is 21.0 Å². The van der Waals surface area contributed by atoms with E-state index < -0.39 is 48.6 Å². The van der Waals surface area contributed by atoms with Crippen LogP contribution in [0.2, 0.25) is 0 Å². The summed E-state index contributed by atoms with van der Waals surface area (Å²) in [5.41, 5.74) is 12.2. The Morgan fingerprint density at radius 1 is 0.382 bits per heavy atom. The molecule has 2 aromatic carbocycles. The van der Waals surface area contributed by atoms with Crippen molar-refractivity contribution in [2.24, 2.45) is 21.8 Å². The average molecular weight is 2050 g/mol. The highest BCUT2D eigenvalue weighted by Gasteiger charge is 2.37. The molecule has 5 saturated heterocycles. The van der Waals surface area contributed by atoms with E-state index in [1.165, 1.54) is 11.1 Å². The lowest BCUT2D eigenvalue weighted by molar-refractivity contribution is 0.0985. The second-order valence-electron chi connectivity index (χ2n) is 38.9. The van der Waals surface area contributed by atoms with Gasteiger partial charge in [-0.15, -0.1) is 0 Å². The number of benzene rings is 2. The van der Waals surface area contributed by atoms with Crippen molar-refractivity contribution in [2.45, 2.75) is 146 Å². The molecule has 39 nitrogen and oxygen atoms in total. The van der Waals surface area contributed by atoms with Crippen LogP contribution < -0.4 is 24.5 Å². The molecule has 8 fully saturated rings. The predicted molar refractivity (Wildman–Crippen MR) is 568 cm³/mol. The van der Waals surface area contributed by atoms with E-state index >= 15 is 0 Å². The van der Waals surface area contributed by atoms with Gasteiger partial charge >= 0.3 is 0 Å². The number of hydrogen-bond acceptors (Lipinski definition) is 36. The summed E-state index contributed by atoms with van der Waals surface area (Å²) in [6.45, 7) is 24.5. The minimum absolute atomic E-state index is 0.170. The summed E-state index contributed by atoms with van der Waals surface area (Å²) in [5.74, 6) is 11.7. The maximum Gasteiger partial charge on any atom is 0.239 e. The van der Waals surface area contributed by atoms with Crippen molar-refractivity contribution >= 4 is 152 Å². The Morgan fingerprint density at radius 2 is 0.743 bits per heavy atom. The van der Waals surface area contributed by atoms with Crippen LogP contribution >= 0.6 is 0 Å². The van der Waals surface area contributed by atoms with Gasteiger partial charge < -0.3 is 53.2 Å². The number of aromatic amines is 1. The number of imidazole rings is 3. The molecule has 144 heavy (non-hydrogen) atoms. The van der Waals surface area contributed by atoms with Crippen LogP contribution in [0.25, 0.3) is 91.4 Å². The van der Waals surface area contributed by atoms with E-state index in [-0.39, 0.29) is 40.7 Å². The van der Waals surface area contributed by atoms with E-state index in [0.717, 1.165) is 186 Å². The molecule has 5 aliphatic heterocycles. The summed E-state index contributed by atoms with van der Waals surface area (Å²) in [7, 11) is -11.7. The molecule has 0 bridgehead atoms. The second-order valence-corrected chi connectivity index (χ2v) is 51.6. The number of pyridine rings is 3. The number of morpholine rings is 5. The largest absolute Gasteiger partial charge is 0.377 e. The number of fused-ring (bicyclic) bond motifs is 5. The summed E-state index contributed by atoms with van der Waals surface area (Å²) in [4.78, 5) is 88.8. The van der Waals surface area contributed by atoms with Gasteiger partial charge in [0.25, 0.3) is 0 Å². The first kappa shape index (κ1) is 100. The van der Waals surface area contributed by atoms with Crippen LogP contribution in [0.3, 0.4) is 0 Å². The van der Waals surface area contributed by atoms with Crippen LogP contribution in [-0.2, 0) is 85.2 Å². The minimum atomic E-state index is -2.37. The van der Waals surface area contributed by atoms with E-state index in [4.69, 9.17) is 68.5 Å². The van der Waals surface area contributed by atoms with Gasteiger partial charge in [-0.2, -0.15) is 41.7 Å². The summed E-state index contributed by atoms with van der Waals surface area (Å²) >= 11 is 0. The third-order valence-electron chi connectivity index (χ3n) is 25.8. The molecule has 13 aromatic rings. The molecule has 11 aromatic heterocycles. The van der Waals surface area contributed by atoms with Gasteiger partial charge in [-0.3, -0.25) is 19.1 Å². The van der Waals surface area contributed by atoms with Gasteiger partial charge in [0.05, 0.1) is 143 Å². The van der Waals surface area contributed by atoms with Crippen LogP contribution in [0.15, 0.2) is 150 Å². The number of para-hydroxylation sites is 4. The highest BCUT2D eigenvalue weighted by atomic mass is 32.2. The molecule has 3 saturated carbocycles. The third-order valence-corrected chi connectivity index (χ3v) is 32.2. The number of hydrogen-bond donors (Lipinski definition) is 1. The molecule has 0 amide bonds. The lowest BCUT2D eigenvalue weighted by Gasteiger charge is -2.34. The second kappa shape index (κ2) is 42.1. The molecule has 10 aliphatic rings. The van der Waals surface area contributed by atoms with Crippen LogP contribution in [0.1, 0.15) is 119 Å². The molecule has 23 rings (SSSR count). The number of aryl methyl sites for hydroxylation is 2. The summed E-state index contributed by atoms with van der Waals surface area (Å²) < 4.78 is 117. The van der Waals surface area contributed by atoms with Gasteiger partial charge in [-0.1, -0.05) is 48.6 Å². The highest BCUT2D eigenvalue weighted by Crippen LogP contribution is 2.44. The zero-order valence-corrected chi connectivity index (χ0v) is 87.9. The lowest BCUT2D eigenvalue weighted by atomic mass is 10.1. The van der Waals surface area contributed by atoms with E-state index in [2.05, 4.69) is 145 Å². The quantitative estimate of drug-likeness (QED) is 0.0833. The third kappa shape index (κ3) is 23.8. The monoisotopic (exact) mass is 2050 g/mol. The van der Waals surface area contributed by atoms with E-state index in [1.54, 1.807) is 68.4 Å². The fourth-order valence-corrected chi connectivity index (χ4v) is 23.2. The number of nitrogens with zero attached hydrogens (tertiary/aromatic N) is 28. The number of nitrogens with one attached hydrogen (secondary N) is 1. The number of H-pyrrole nitrogens is 1. The molecule has 758 valence electrons. The van der Waals surface area contributed by atoms with E-state index in [1.807, 2.05) is 121 Å². The Hall–Kier alpha value is -12.3. The maximum atomic E-state index is 13.0. The van der Waals surface area contributed by atoms with Gasteiger partial charge in [0.2, 0.25) is 11.9 Å². The Kier molecular flexibility index (Phi) is 29.3. The van der Waals surface area contributed by atoms with Crippen molar-refractivity contribution in [2.75, 3.05) is 173 Å². The Labute approximate surface area is 840 Å². The van der Waals surface area contributed by atoms with Crippen molar-refractivity contribution in [3.05, 3.63) is 168 Å². The standard InChI is InChI=1S/C21H26N6O2S.2C21H25N5O2S.C19H24N6O2S.C18H23N7O2S/c1-14-13-29-11-10-26(14)19-12-18(25-30(2,3)28)23-21(24-19)27-17-7-5-4-6-16(17)22-20(27)15-8-9-15;2*1-14-13-28-9-8-26(14)20-10-19(25-29(2,27)16-6-7-16)23-21(24-20)18-12-22-11-15-4-3-5-17(15)18;1-13-12-27-10-9-24(13)18-11-17(23-28(3,4)26)21-19(22-18)25-14(2)20-15-7-5-6-8-16(15)25;1-11-10-27-8-7-25(11)15-9-14(24-28(3,4)26)22-17(23-15)13-5-6-19-18-16(13)20-12(2)21-18/h4-7,12,14-15H,8-11,13H2,1-3H3;2*3,5,10-12,14,16H,4,6-9,13H2,1-2H3;5-8,11,13H,9-10,12H2,1-4H3;5-6,9,11H,7-8,10H2,1-4H3,(H,19,20,21)/t14-;14-,29?;14-,29+;13-;11-/m11111/s1. The molecular formula is C100H123N29O10S5. The van der Waals surface area contributed by atoms with Gasteiger partial charge in [-0.25, -0.2) is 70.9 Å². The number of aromatic nitrogens is 19. The first-order valence-corrected chi connectivity index (χ1v) is 59.6. The molecule has 0 radical (unpaired) electrons. The highest BCUT2D eigenvalue weighted by molar-refractivity contribution is 7.94. The van der Waals surface area contributed by atoms with Crippen molar-refractivity contribution in [3.63, 3.8) is 0 Å². The van der Waals surface area contributed by atoms with Crippen molar-refractivity contribution < 1.29 is 44.7 Å². The van der Waals surface area contributed by atoms with E-state index in [0.29, 0.717) is 136 Å². The van der Waals surface area contributed by atoms with Gasteiger partial charge in [0.1, 0.15) is 46.6 Å². The van der Waals surface area contributed by atoms with Crippen molar-refractivity contribution in [1.29, 1.82) is 0 Å². The molecule has 1 N–H and O–H groups in total. The first-order valence-electron chi connectivity index (χ1n) is 48.7.